The van der Waals surface area contributed by atoms with Crippen LogP contribution in [0.25, 0.3) is 5.82 Å². The number of carbonyl (C=O) groups excluding carboxylic acids is 1. The predicted molar refractivity (Wildman–Crippen MR) is 119 cm³/mol. The molecule has 4 rings (SSSR count). The van der Waals surface area contributed by atoms with Crippen LogP contribution in [0.15, 0.2) is 39.4 Å². The van der Waals surface area contributed by atoms with Crippen molar-refractivity contribution in [2.24, 2.45) is 12.1 Å². The molecule has 0 radical (unpaired) electrons. The van der Waals surface area contributed by atoms with Gasteiger partial charge in [0.2, 0.25) is 11.6 Å². The molecule has 3 aromatic heterocycles. The summed E-state index contributed by atoms with van der Waals surface area (Å²) in [6.07, 6.45) is 3.00. The molecule has 0 saturated carbocycles. The van der Waals surface area contributed by atoms with Crippen molar-refractivity contribution < 1.29 is 18.9 Å². The number of nitrogens with two attached hydrogens (primary N) is 1. The molecule has 15 nitrogen and oxygen atoms in total. The molecule has 0 saturated heterocycles. The van der Waals surface area contributed by atoms with E-state index in [0.29, 0.717) is 27.9 Å². The first-order valence-corrected chi connectivity index (χ1v) is 10.6. The maximum atomic E-state index is 12.9. The number of aromatic nitrogens is 8. The van der Waals surface area contributed by atoms with Crippen molar-refractivity contribution in [3.05, 3.63) is 41.5 Å². The molecule has 1 aromatic carbocycles. The third-order valence-corrected chi connectivity index (χ3v) is 5.54. The average Bonchev–Trinajstić information content (AvgIpc) is 3.57. The third kappa shape index (κ3) is 4.65. The Morgan fingerprint density at radius 1 is 1.29 bits per heavy atom. The number of carbonyl (C=O) groups is 1. The number of nitrogens with one attached hydrogen (secondary N) is 1. The molecule has 0 aliphatic rings. The van der Waals surface area contributed by atoms with E-state index in [9.17, 15) is 4.79 Å². The highest BCUT2D eigenvalue weighted by molar-refractivity contribution is 7.98. The summed E-state index contributed by atoms with van der Waals surface area (Å²) in [5.74, 6) is 0.890. The number of nitrogens with zero attached hydrogens (tertiary/aromatic N) is 9. The van der Waals surface area contributed by atoms with E-state index in [4.69, 9.17) is 15.2 Å². The van der Waals surface area contributed by atoms with Crippen molar-refractivity contribution in [3.63, 3.8) is 0 Å². The molecule has 0 spiro atoms. The second-order valence-electron chi connectivity index (χ2n) is 6.59. The van der Waals surface area contributed by atoms with Crippen LogP contribution in [0.2, 0.25) is 0 Å². The van der Waals surface area contributed by atoms with E-state index in [2.05, 4.69) is 46.0 Å². The first-order chi connectivity index (χ1) is 16.5. The molecule has 0 atom stereocenters. The van der Waals surface area contributed by atoms with Crippen molar-refractivity contribution in [3.8, 4) is 17.3 Å². The van der Waals surface area contributed by atoms with Crippen molar-refractivity contribution >= 4 is 29.7 Å². The summed E-state index contributed by atoms with van der Waals surface area (Å²) in [5, 5.41) is 27.8. The fourth-order valence-corrected chi connectivity index (χ4v) is 3.67. The normalized spacial score (nSPS) is 11.1. The predicted octanol–water partition coefficient (Wildman–Crippen LogP) is 0.434. The highest BCUT2D eigenvalue weighted by Crippen LogP contribution is 2.25. The smallest absolute Gasteiger partial charge is 0.293 e. The monoisotopic (exact) mass is 485 g/mol. The number of ether oxygens (including phenoxy) is 2. The van der Waals surface area contributed by atoms with E-state index < -0.39 is 5.91 Å². The van der Waals surface area contributed by atoms with Gasteiger partial charge in [0.1, 0.15) is 17.8 Å². The molecular weight excluding hydrogens is 466 g/mol. The number of methoxy groups -OCH3 is 2. The zero-order valence-electron chi connectivity index (χ0n) is 18.2. The summed E-state index contributed by atoms with van der Waals surface area (Å²) < 4.78 is 18.2. The number of thioether (sulfide) groups is 1. The Morgan fingerprint density at radius 3 is 2.82 bits per heavy atom. The Labute approximate surface area is 196 Å². The van der Waals surface area contributed by atoms with Crippen LogP contribution in [0.5, 0.6) is 11.5 Å². The summed E-state index contributed by atoms with van der Waals surface area (Å²) >= 11 is 1.31. The lowest BCUT2D eigenvalue weighted by Crippen LogP contribution is -2.20. The highest BCUT2D eigenvalue weighted by Gasteiger charge is 2.24. The van der Waals surface area contributed by atoms with E-state index in [0.717, 1.165) is 0 Å². The van der Waals surface area contributed by atoms with Gasteiger partial charge in [0.25, 0.3) is 5.91 Å². The lowest BCUT2D eigenvalue weighted by atomic mass is 10.2. The van der Waals surface area contributed by atoms with Gasteiger partial charge in [0, 0.05) is 24.4 Å². The highest BCUT2D eigenvalue weighted by atomic mass is 32.2. The number of benzene rings is 1. The van der Waals surface area contributed by atoms with E-state index in [1.807, 2.05) is 0 Å². The number of hydrogen-bond donors (Lipinski definition) is 2. The van der Waals surface area contributed by atoms with E-state index in [-0.39, 0.29) is 23.1 Å². The molecule has 0 bridgehead atoms. The molecule has 34 heavy (non-hydrogen) atoms. The van der Waals surface area contributed by atoms with Crippen molar-refractivity contribution in [2.75, 3.05) is 20.0 Å². The van der Waals surface area contributed by atoms with E-state index in [1.54, 1.807) is 43.3 Å². The lowest BCUT2D eigenvalue weighted by Gasteiger charge is -2.07. The Hall–Kier alpha value is -4.47. The topological polar surface area (TPSA) is 186 Å². The largest absolute Gasteiger partial charge is 0.497 e. The van der Waals surface area contributed by atoms with E-state index in [1.165, 1.54) is 29.8 Å². The van der Waals surface area contributed by atoms with Gasteiger partial charge in [-0.3, -0.25) is 4.79 Å². The van der Waals surface area contributed by atoms with Gasteiger partial charge in [-0.15, -0.1) is 15.3 Å². The number of rotatable bonds is 9. The van der Waals surface area contributed by atoms with Crippen LogP contribution < -0.4 is 20.6 Å². The Morgan fingerprint density at radius 2 is 2.15 bits per heavy atom. The molecule has 1 amide bonds. The maximum absolute atomic E-state index is 12.9. The Bertz CT molecular complexity index is 1330. The van der Waals surface area contributed by atoms with Gasteiger partial charge in [-0.1, -0.05) is 17.0 Å². The van der Waals surface area contributed by atoms with Gasteiger partial charge in [-0.2, -0.15) is 9.78 Å². The summed E-state index contributed by atoms with van der Waals surface area (Å²) in [6.45, 7) is 0. The van der Waals surface area contributed by atoms with Crippen LogP contribution in [0.1, 0.15) is 21.7 Å². The minimum Gasteiger partial charge on any atom is -0.497 e. The molecule has 4 aromatic rings. The van der Waals surface area contributed by atoms with Crippen LogP contribution in [-0.4, -0.2) is 66.4 Å². The lowest BCUT2D eigenvalue weighted by molar-refractivity contribution is 0.0949. The summed E-state index contributed by atoms with van der Waals surface area (Å²) in [6, 6.07) is 5.19. The molecule has 0 aliphatic heterocycles. The quantitative estimate of drug-likeness (QED) is 0.189. The molecule has 16 heteroatoms. The number of anilines is 1. The van der Waals surface area contributed by atoms with Crippen LogP contribution in [-0.2, 0) is 12.8 Å². The number of hydrogen-bond acceptors (Lipinski definition) is 13. The zero-order chi connectivity index (χ0) is 24.1. The minimum atomic E-state index is -0.599. The minimum absolute atomic E-state index is 0.00797. The van der Waals surface area contributed by atoms with Crippen LogP contribution in [0.3, 0.4) is 0 Å². The molecule has 0 aliphatic carbocycles. The Balaban J connectivity index is 1.57. The number of nitrogen functional groups attached to an aromatic ring is 1. The van der Waals surface area contributed by atoms with Gasteiger partial charge in [0.05, 0.1) is 26.1 Å². The van der Waals surface area contributed by atoms with Gasteiger partial charge < -0.3 is 19.8 Å². The number of aryl methyl sites for hydroxylation is 1. The van der Waals surface area contributed by atoms with Crippen LogP contribution in [0.4, 0.5) is 5.82 Å². The third-order valence-electron chi connectivity index (χ3n) is 4.49. The molecule has 3 N–H and O–H groups in total. The first kappa shape index (κ1) is 22.7. The summed E-state index contributed by atoms with van der Waals surface area (Å²) in [5.41, 5.74) is 9.26. The second kappa shape index (κ2) is 9.99. The standard InChI is InChI=1S/C18H19N11O4S/c1-28-9-21-24-18(28)34-8-12-14(22-27-29(12)16-15(19)25-33-26-16)17(30)23-20-7-10-4-5-11(31-2)6-13(10)32-3/h4-7,9H,8H2,1-3H3,(H2,19,25)(H,23,30). The SMILES string of the molecule is COc1ccc(C=NNC(=O)c2nnn(-c3nonc3N)c2CSc2nncn2C)c(OC)c1. The van der Waals surface area contributed by atoms with E-state index >= 15 is 0 Å². The van der Waals surface area contributed by atoms with Gasteiger partial charge in [0.15, 0.2) is 10.9 Å². The van der Waals surface area contributed by atoms with Crippen molar-refractivity contribution in [1.82, 2.24) is 45.5 Å². The first-order valence-electron chi connectivity index (χ1n) is 9.57. The number of amides is 1. The van der Waals surface area contributed by atoms with Gasteiger partial charge >= 0.3 is 0 Å². The summed E-state index contributed by atoms with van der Waals surface area (Å²) in [7, 11) is 4.88. The average molecular weight is 485 g/mol. The fourth-order valence-electron chi connectivity index (χ4n) is 2.79. The zero-order valence-corrected chi connectivity index (χ0v) is 19.1. The maximum Gasteiger partial charge on any atom is 0.293 e. The molecule has 0 fully saturated rings. The second-order valence-corrected chi connectivity index (χ2v) is 7.53. The molecule has 0 unspecified atom stereocenters. The number of hydrazone groups is 1. The van der Waals surface area contributed by atoms with Crippen LogP contribution >= 0.6 is 11.8 Å². The molecular formula is C18H19N11O4S. The van der Waals surface area contributed by atoms with Crippen molar-refractivity contribution in [1.29, 1.82) is 0 Å². The molecule has 3 heterocycles. The summed E-state index contributed by atoms with van der Waals surface area (Å²) in [4.78, 5) is 12.9. The van der Waals surface area contributed by atoms with Gasteiger partial charge in [-0.05, 0) is 22.4 Å². The molecule has 176 valence electrons. The van der Waals surface area contributed by atoms with Crippen LogP contribution in [0, 0.1) is 0 Å². The Kier molecular flexibility index (Phi) is 6.67. The fraction of sp³-hybridized carbons (Fsp3) is 0.222. The van der Waals surface area contributed by atoms with Crippen molar-refractivity contribution in [2.45, 2.75) is 10.9 Å². The van der Waals surface area contributed by atoms with Gasteiger partial charge in [-0.25, -0.2) is 10.1 Å².